The van der Waals surface area contributed by atoms with Crippen LogP contribution in [0.5, 0.6) is 5.75 Å². The van der Waals surface area contributed by atoms with Crippen molar-refractivity contribution in [3.8, 4) is 17.1 Å². The number of amides is 1. The van der Waals surface area contributed by atoms with Crippen LogP contribution in [0.2, 0.25) is 0 Å². The third kappa shape index (κ3) is 5.02. The summed E-state index contributed by atoms with van der Waals surface area (Å²) in [7, 11) is 0. The van der Waals surface area contributed by atoms with Crippen molar-refractivity contribution in [1.29, 1.82) is 0 Å². The van der Waals surface area contributed by atoms with Gasteiger partial charge < -0.3 is 24.8 Å². The van der Waals surface area contributed by atoms with E-state index in [0.29, 0.717) is 22.6 Å². The van der Waals surface area contributed by atoms with E-state index < -0.39 is 24.9 Å². The molecule has 1 atom stereocenters. The number of alkyl halides is 2. The average molecular weight is 473 g/mol. The number of aryl methyl sites for hydroxylation is 1. The third-order valence-electron chi connectivity index (χ3n) is 4.96. The lowest BCUT2D eigenvalue weighted by Crippen LogP contribution is -2.20. The molecule has 10 nitrogen and oxygen atoms in total. The second kappa shape index (κ2) is 9.93. The number of ether oxygens (including phenoxy) is 1. The van der Waals surface area contributed by atoms with Gasteiger partial charge in [-0.15, -0.1) is 0 Å². The summed E-state index contributed by atoms with van der Waals surface area (Å²) in [6.45, 7) is 1.84. The van der Waals surface area contributed by atoms with Crippen molar-refractivity contribution in [2.24, 2.45) is 0 Å². The topological polar surface area (TPSA) is 135 Å². The van der Waals surface area contributed by atoms with Crippen molar-refractivity contribution >= 4 is 17.2 Å². The monoisotopic (exact) mass is 473 g/mol. The molecule has 0 fully saturated rings. The molecule has 0 unspecified atom stereocenters. The van der Waals surface area contributed by atoms with Crippen LogP contribution in [-0.4, -0.2) is 61.4 Å². The highest BCUT2D eigenvalue weighted by Crippen LogP contribution is 2.25. The Morgan fingerprint density at radius 2 is 2.12 bits per heavy atom. The summed E-state index contributed by atoms with van der Waals surface area (Å²) in [6, 6.07) is 8.39. The molecule has 3 N–H and O–H groups in total. The zero-order valence-electron chi connectivity index (χ0n) is 18.0. The molecular weight excluding hydrogens is 452 g/mol. The fourth-order valence-corrected chi connectivity index (χ4v) is 3.19. The molecule has 1 aromatic carbocycles. The number of aliphatic hydroxyl groups excluding tert-OH is 2. The standard InChI is InChI=1S/C22H21F2N5O5/c1-12-2-3-13(21-27-19(34-28-21)10-17(31)20(23)24)8-15(12)26-22(32)16-11-25-18-9-14(33-7-6-30)4-5-29(16)18/h2-5,8-9,11,17,20,30-31H,6-7,10H2,1H3,(H,26,32)/t17-/m0/s1. The number of rotatable bonds is 9. The Morgan fingerprint density at radius 3 is 2.88 bits per heavy atom. The van der Waals surface area contributed by atoms with Gasteiger partial charge in [-0.3, -0.25) is 9.20 Å². The minimum absolute atomic E-state index is 0.117. The normalized spacial score (nSPS) is 12.3. The molecule has 3 aromatic heterocycles. The number of hydrogen-bond donors (Lipinski definition) is 3. The lowest BCUT2D eigenvalue weighted by atomic mass is 10.1. The number of nitrogens with zero attached hydrogens (tertiary/aromatic N) is 4. The van der Waals surface area contributed by atoms with Crippen LogP contribution in [-0.2, 0) is 6.42 Å². The summed E-state index contributed by atoms with van der Waals surface area (Å²) in [5.41, 5.74) is 2.53. The van der Waals surface area contributed by atoms with E-state index in [1.54, 1.807) is 47.9 Å². The third-order valence-corrected chi connectivity index (χ3v) is 4.96. The summed E-state index contributed by atoms with van der Waals surface area (Å²) in [4.78, 5) is 21.2. The van der Waals surface area contributed by atoms with Crippen LogP contribution in [0, 0.1) is 6.92 Å². The van der Waals surface area contributed by atoms with Crippen LogP contribution in [0.4, 0.5) is 14.5 Å². The number of halogens is 2. The highest BCUT2D eigenvalue weighted by Gasteiger charge is 2.21. The molecule has 0 saturated carbocycles. The van der Waals surface area contributed by atoms with Crippen molar-refractivity contribution in [2.45, 2.75) is 25.9 Å². The number of carbonyl (C=O) groups excluding carboxylic acids is 1. The van der Waals surface area contributed by atoms with Crippen LogP contribution in [0.15, 0.2) is 47.2 Å². The second-order valence-corrected chi connectivity index (χ2v) is 7.41. The quantitative estimate of drug-likeness (QED) is 0.338. The molecule has 178 valence electrons. The Bertz CT molecular complexity index is 1310. The number of imidazole rings is 1. The fourth-order valence-electron chi connectivity index (χ4n) is 3.19. The first-order valence-electron chi connectivity index (χ1n) is 10.3. The maximum absolute atomic E-state index is 13.0. The number of benzene rings is 1. The van der Waals surface area contributed by atoms with Gasteiger partial charge >= 0.3 is 0 Å². The molecular formula is C22H21F2N5O5. The van der Waals surface area contributed by atoms with Gasteiger partial charge in [0.05, 0.1) is 19.2 Å². The minimum atomic E-state index is -2.92. The summed E-state index contributed by atoms with van der Waals surface area (Å²) in [5, 5.41) is 24.8. The Hall–Kier alpha value is -3.90. The van der Waals surface area contributed by atoms with Crippen molar-refractivity contribution in [1.82, 2.24) is 19.5 Å². The molecule has 0 saturated heterocycles. The lowest BCUT2D eigenvalue weighted by Gasteiger charge is -2.10. The molecule has 0 spiro atoms. The maximum Gasteiger partial charge on any atom is 0.274 e. The van der Waals surface area contributed by atoms with Gasteiger partial charge in [-0.1, -0.05) is 17.3 Å². The number of aromatic nitrogens is 4. The molecule has 4 aromatic rings. The number of hydrogen-bond acceptors (Lipinski definition) is 8. The Morgan fingerprint density at radius 1 is 1.29 bits per heavy atom. The van der Waals surface area contributed by atoms with E-state index in [4.69, 9.17) is 14.4 Å². The highest BCUT2D eigenvalue weighted by molar-refractivity contribution is 6.04. The molecule has 4 rings (SSSR count). The van der Waals surface area contributed by atoms with Gasteiger partial charge in [0.25, 0.3) is 12.3 Å². The molecule has 12 heteroatoms. The smallest absolute Gasteiger partial charge is 0.274 e. The largest absolute Gasteiger partial charge is 0.491 e. The number of fused-ring (bicyclic) bond motifs is 1. The Kier molecular flexibility index (Phi) is 6.80. The van der Waals surface area contributed by atoms with E-state index in [-0.39, 0.29) is 30.6 Å². The molecule has 1 amide bonds. The first-order chi connectivity index (χ1) is 16.4. The number of nitrogens with one attached hydrogen (secondary N) is 1. The van der Waals surface area contributed by atoms with Crippen molar-refractivity contribution < 1.29 is 33.0 Å². The first kappa shape index (κ1) is 23.3. The van der Waals surface area contributed by atoms with E-state index >= 15 is 0 Å². The lowest BCUT2D eigenvalue weighted by molar-refractivity contribution is -0.00754. The molecule has 34 heavy (non-hydrogen) atoms. The van der Waals surface area contributed by atoms with Gasteiger partial charge in [0.1, 0.15) is 29.8 Å². The van der Waals surface area contributed by atoms with Gasteiger partial charge in [-0.25, -0.2) is 13.8 Å². The first-order valence-corrected chi connectivity index (χ1v) is 10.3. The van der Waals surface area contributed by atoms with Crippen LogP contribution in [0.25, 0.3) is 17.0 Å². The van der Waals surface area contributed by atoms with Crippen LogP contribution in [0.3, 0.4) is 0 Å². The Labute approximate surface area is 191 Å². The second-order valence-electron chi connectivity index (χ2n) is 7.41. The van der Waals surface area contributed by atoms with Gasteiger partial charge in [0, 0.05) is 23.5 Å². The fraction of sp³-hybridized carbons (Fsp3) is 0.273. The number of carbonyl (C=O) groups is 1. The number of aliphatic hydroxyl groups is 2. The van der Waals surface area contributed by atoms with E-state index in [1.165, 1.54) is 6.20 Å². The van der Waals surface area contributed by atoms with Gasteiger partial charge in [0.15, 0.2) is 0 Å². The average Bonchev–Trinajstić information content (AvgIpc) is 3.46. The summed E-state index contributed by atoms with van der Waals surface area (Å²) < 4.78 is 37.0. The summed E-state index contributed by atoms with van der Waals surface area (Å²) in [5.74, 6) is 0.119. The predicted octanol–water partition coefficient (Wildman–Crippen LogP) is 2.48. The zero-order valence-corrected chi connectivity index (χ0v) is 18.0. The SMILES string of the molecule is Cc1ccc(-c2noc(C[C@H](O)C(F)F)n2)cc1NC(=O)c1cnc2cc(OCCO)ccn12. The molecule has 0 aliphatic rings. The van der Waals surface area contributed by atoms with Gasteiger partial charge in [-0.2, -0.15) is 4.98 Å². The highest BCUT2D eigenvalue weighted by atomic mass is 19.3. The van der Waals surface area contributed by atoms with E-state index in [0.717, 1.165) is 5.56 Å². The van der Waals surface area contributed by atoms with Crippen LogP contribution >= 0.6 is 0 Å². The number of pyridine rings is 1. The van der Waals surface area contributed by atoms with Crippen molar-refractivity contribution in [3.05, 3.63) is 59.9 Å². The maximum atomic E-state index is 13.0. The van der Waals surface area contributed by atoms with Gasteiger partial charge in [-0.05, 0) is 24.6 Å². The van der Waals surface area contributed by atoms with Gasteiger partial charge in [0.2, 0.25) is 11.7 Å². The van der Waals surface area contributed by atoms with Crippen LogP contribution < -0.4 is 10.1 Å². The van der Waals surface area contributed by atoms with E-state index in [9.17, 15) is 18.7 Å². The molecule has 0 aliphatic heterocycles. The Balaban J connectivity index is 1.53. The molecule has 3 heterocycles. The zero-order chi connectivity index (χ0) is 24.2. The van der Waals surface area contributed by atoms with E-state index in [1.807, 2.05) is 0 Å². The van der Waals surface area contributed by atoms with E-state index in [2.05, 4.69) is 20.4 Å². The minimum Gasteiger partial charge on any atom is -0.491 e. The molecule has 0 aliphatic carbocycles. The number of anilines is 1. The van der Waals surface area contributed by atoms with Crippen molar-refractivity contribution in [3.63, 3.8) is 0 Å². The predicted molar refractivity (Wildman–Crippen MR) is 116 cm³/mol. The molecule has 0 radical (unpaired) electrons. The van der Waals surface area contributed by atoms with Crippen molar-refractivity contribution in [2.75, 3.05) is 18.5 Å². The van der Waals surface area contributed by atoms with Crippen LogP contribution in [0.1, 0.15) is 21.9 Å². The molecule has 0 bridgehead atoms. The summed E-state index contributed by atoms with van der Waals surface area (Å²) in [6.07, 6.45) is -2.22. The summed E-state index contributed by atoms with van der Waals surface area (Å²) >= 11 is 0.